The van der Waals surface area contributed by atoms with Gasteiger partial charge in [-0.3, -0.25) is 4.99 Å². The molecule has 0 aliphatic carbocycles. The Morgan fingerprint density at radius 3 is 2.53 bits per heavy atom. The first-order chi connectivity index (χ1) is 8.14. The van der Waals surface area contributed by atoms with E-state index < -0.39 is 0 Å². The average molecular weight is 239 g/mol. The lowest BCUT2D eigenvalue weighted by Gasteiger charge is -2.36. The second-order valence-electron chi connectivity index (χ2n) is 5.49. The van der Waals surface area contributed by atoms with E-state index >= 15 is 0 Å². The average Bonchev–Trinajstić information content (AvgIpc) is 2.58. The molecule has 0 fully saturated rings. The minimum Gasteiger partial charge on any atom is -0.370 e. The van der Waals surface area contributed by atoms with Crippen molar-refractivity contribution in [3.8, 4) is 0 Å². The van der Waals surface area contributed by atoms with Gasteiger partial charge in [0.1, 0.15) is 0 Å². The van der Waals surface area contributed by atoms with Gasteiger partial charge in [-0.2, -0.15) is 0 Å². The van der Waals surface area contributed by atoms with Crippen molar-refractivity contribution in [1.82, 2.24) is 4.90 Å². The molecule has 0 spiro atoms. The zero-order valence-electron chi connectivity index (χ0n) is 11.8. The van der Waals surface area contributed by atoms with Gasteiger partial charge in [0.15, 0.2) is 5.96 Å². The van der Waals surface area contributed by atoms with Gasteiger partial charge < -0.3 is 10.6 Å². The Morgan fingerprint density at radius 2 is 1.88 bits per heavy atom. The highest BCUT2D eigenvalue weighted by Gasteiger charge is 2.36. The summed E-state index contributed by atoms with van der Waals surface area (Å²) in [5, 5.41) is 0. The summed E-state index contributed by atoms with van der Waals surface area (Å²) in [7, 11) is 0. The predicted molar refractivity (Wildman–Crippen MR) is 75.3 cm³/mol. The topological polar surface area (TPSA) is 41.6 Å². The van der Waals surface area contributed by atoms with Gasteiger partial charge in [0, 0.05) is 6.54 Å². The maximum atomic E-state index is 5.97. The van der Waals surface area contributed by atoms with Crippen LogP contribution in [0.25, 0.3) is 0 Å². The second-order valence-corrected chi connectivity index (χ2v) is 5.49. The van der Waals surface area contributed by atoms with Gasteiger partial charge >= 0.3 is 0 Å². The third kappa shape index (κ3) is 3.90. The minimum atomic E-state index is 0.187. The Labute approximate surface area is 106 Å². The summed E-state index contributed by atoms with van der Waals surface area (Å²) in [5.74, 6) is 0.753. The van der Waals surface area contributed by atoms with Crippen LogP contribution in [0, 0.1) is 0 Å². The van der Waals surface area contributed by atoms with E-state index in [1.54, 1.807) is 0 Å². The Hall–Kier alpha value is -0.730. The van der Waals surface area contributed by atoms with Crippen LogP contribution in [0.4, 0.5) is 0 Å². The SMILES string of the molecule is CCCCCCCC1(C)CN=C(N)N1CCC. The van der Waals surface area contributed by atoms with Crippen molar-refractivity contribution < 1.29 is 0 Å². The van der Waals surface area contributed by atoms with Gasteiger partial charge in [-0.25, -0.2) is 0 Å². The van der Waals surface area contributed by atoms with E-state index in [1.165, 1.54) is 38.5 Å². The monoisotopic (exact) mass is 239 g/mol. The summed E-state index contributed by atoms with van der Waals surface area (Å²) in [6, 6.07) is 0. The minimum absolute atomic E-state index is 0.187. The van der Waals surface area contributed by atoms with Gasteiger partial charge in [-0.05, 0) is 19.8 Å². The Balaban J connectivity index is 2.34. The molecule has 0 saturated carbocycles. The van der Waals surface area contributed by atoms with Crippen molar-refractivity contribution in [2.45, 2.75) is 71.3 Å². The van der Waals surface area contributed by atoms with Crippen LogP contribution in [-0.2, 0) is 0 Å². The van der Waals surface area contributed by atoms with E-state index in [0.717, 1.165) is 25.5 Å². The lowest BCUT2D eigenvalue weighted by Crippen LogP contribution is -2.49. The number of hydrogen-bond donors (Lipinski definition) is 1. The molecule has 1 rings (SSSR count). The number of guanidine groups is 1. The summed E-state index contributed by atoms with van der Waals surface area (Å²) >= 11 is 0. The molecule has 0 bridgehead atoms. The summed E-state index contributed by atoms with van der Waals surface area (Å²) < 4.78 is 0. The van der Waals surface area contributed by atoms with Crippen molar-refractivity contribution in [3.63, 3.8) is 0 Å². The van der Waals surface area contributed by atoms with Gasteiger partial charge in [-0.15, -0.1) is 0 Å². The molecule has 0 aromatic carbocycles. The van der Waals surface area contributed by atoms with E-state index in [0.29, 0.717) is 0 Å². The molecule has 1 atom stereocenters. The largest absolute Gasteiger partial charge is 0.370 e. The number of unbranched alkanes of at least 4 members (excludes halogenated alkanes) is 4. The highest BCUT2D eigenvalue weighted by molar-refractivity contribution is 5.80. The van der Waals surface area contributed by atoms with Crippen LogP contribution >= 0.6 is 0 Å². The number of nitrogens with two attached hydrogens (primary N) is 1. The molecule has 0 amide bonds. The highest BCUT2D eigenvalue weighted by atomic mass is 15.3. The van der Waals surface area contributed by atoms with Gasteiger partial charge in [-0.1, -0.05) is 46.0 Å². The molecule has 1 heterocycles. The Bertz CT molecular complexity index is 250. The highest BCUT2D eigenvalue weighted by Crippen LogP contribution is 2.27. The molecule has 1 unspecified atom stereocenters. The standard InChI is InChI=1S/C14H29N3/c1-4-6-7-8-9-10-14(3)12-16-13(15)17(14)11-5-2/h4-12H2,1-3H3,(H2,15,16). The smallest absolute Gasteiger partial charge is 0.191 e. The first kappa shape index (κ1) is 14.3. The number of nitrogens with zero attached hydrogens (tertiary/aromatic N) is 2. The fraction of sp³-hybridized carbons (Fsp3) is 0.929. The van der Waals surface area contributed by atoms with E-state index in [2.05, 4.69) is 30.7 Å². The molecular weight excluding hydrogens is 210 g/mol. The van der Waals surface area contributed by atoms with Crippen molar-refractivity contribution in [2.75, 3.05) is 13.1 Å². The fourth-order valence-corrected chi connectivity index (χ4v) is 2.63. The van der Waals surface area contributed by atoms with E-state index in [-0.39, 0.29) is 5.54 Å². The van der Waals surface area contributed by atoms with Crippen LogP contribution in [0.2, 0.25) is 0 Å². The van der Waals surface area contributed by atoms with Crippen molar-refractivity contribution in [3.05, 3.63) is 0 Å². The van der Waals surface area contributed by atoms with E-state index in [4.69, 9.17) is 5.73 Å². The molecule has 0 aromatic heterocycles. The number of hydrogen-bond acceptors (Lipinski definition) is 3. The number of aliphatic imine (C=N–C) groups is 1. The second kappa shape index (κ2) is 6.87. The Morgan fingerprint density at radius 1 is 1.18 bits per heavy atom. The summed E-state index contributed by atoms with van der Waals surface area (Å²) in [5.41, 5.74) is 6.16. The molecule has 2 N–H and O–H groups in total. The van der Waals surface area contributed by atoms with Gasteiger partial charge in [0.25, 0.3) is 0 Å². The molecule has 1 aliphatic rings. The summed E-state index contributed by atoms with van der Waals surface area (Å²) in [4.78, 5) is 6.74. The van der Waals surface area contributed by atoms with Crippen LogP contribution in [0.5, 0.6) is 0 Å². The predicted octanol–water partition coefficient (Wildman–Crippen LogP) is 3.15. The fourth-order valence-electron chi connectivity index (χ4n) is 2.63. The first-order valence-electron chi connectivity index (χ1n) is 7.21. The Kier molecular flexibility index (Phi) is 5.79. The third-order valence-corrected chi connectivity index (χ3v) is 3.78. The van der Waals surface area contributed by atoms with Crippen molar-refractivity contribution >= 4 is 5.96 Å². The van der Waals surface area contributed by atoms with Crippen LogP contribution < -0.4 is 5.73 Å². The summed E-state index contributed by atoms with van der Waals surface area (Å²) in [6.07, 6.45) is 9.07. The molecule has 0 radical (unpaired) electrons. The maximum Gasteiger partial charge on any atom is 0.191 e. The third-order valence-electron chi connectivity index (χ3n) is 3.78. The zero-order valence-corrected chi connectivity index (χ0v) is 11.8. The normalized spacial score (nSPS) is 24.2. The molecular formula is C14H29N3. The van der Waals surface area contributed by atoms with E-state index in [9.17, 15) is 0 Å². The van der Waals surface area contributed by atoms with Crippen LogP contribution in [0.1, 0.15) is 65.7 Å². The molecule has 17 heavy (non-hydrogen) atoms. The molecule has 3 heteroatoms. The molecule has 3 nitrogen and oxygen atoms in total. The molecule has 0 aromatic rings. The van der Waals surface area contributed by atoms with Crippen LogP contribution in [0.15, 0.2) is 4.99 Å². The number of rotatable bonds is 8. The van der Waals surface area contributed by atoms with Crippen molar-refractivity contribution in [2.24, 2.45) is 10.7 Å². The molecule has 100 valence electrons. The zero-order chi connectivity index (χ0) is 12.7. The molecule has 0 saturated heterocycles. The lowest BCUT2D eigenvalue weighted by atomic mass is 9.93. The van der Waals surface area contributed by atoms with Crippen LogP contribution in [0.3, 0.4) is 0 Å². The quantitative estimate of drug-likeness (QED) is 0.661. The molecule has 1 aliphatic heterocycles. The lowest BCUT2D eigenvalue weighted by molar-refractivity contribution is 0.202. The summed E-state index contributed by atoms with van der Waals surface area (Å²) in [6.45, 7) is 8.70. The first-order valence-corrected chi connectivity index (χ1v) is 7.21. The van der Waals surface area contributed by atoms with Gasteiger partial charge in [0.05, 0.1) is 12.1 Å². The van der Waals surface area contributed by atoms with Gasteiger partial charge in [0.2, 0.25) is 0 Å². The maximum absolute atomic E-state index is 5.97. The van der Waals surface area contributed by atoms with E-state index in [1.807, 2.05) is 0 Å². The van der Waals surface area contributed by atoms with Crippen molar-refractivity contribution in [1.29, 1.82) is 0 Å². The van der Waals surface area contributed by atoms with Crippen LogP contribution in [-0.4, -0.2) is 29.5 Å².